The van der Waals surface area contributed by atoms with Crippen molar-refractivity contribution < 1.29 is 14.3 Å². The average molecular weight is 365 g/mol. The molecule has 9 heteroatoms. The van der Waals surface area contributed by atoms with E-state index in [-0.39, 0.29) is 25.0 Å². The summed E-state index contributed by atoms with van der Waals surface area (Å²) in [6, 6.07) is 0.0168. The molecule has 25 heavy (non-hydrogen) atoms. The number of hydrogen-bond acceptors (Lipinski definition) is 7. The van der Waals surface area contributed by atoms with Gasteiger partial charge in [0, 0.05) is 23.9 Å². The molecular formula is C16H23N5O3S. The zero-order valence-electron chi connectivity index (χ0n) is 15.1. The molecule has 0 aliphatic carbocycles. The van der Waals surface area contributed by atoms with Crippen molar-refractivity contribution in [3.05, 3.63) is 17.0 Å². The first-order valence-electron chi connectivity index (χ1n) is 8.03. The van der Waals surface area contributed by atoms with Gasteiger partial charge in [-0.25, -0.2) is 9.50 Å². The lowest BCUT2D eigenvalue weighted by Crippen LogP contribution is -2.34. The third-order valence-corrected chi connectivity index (χ3v) is 4.14. The highest BCUT2D eigenvalue weighted by Crippen LogP contribution is 2.18. The molecule has 2 rings (SSSR count). The molecule has 0 unspecified atom stereocenters. The van der Waals surface area contributed by atoms with Crippen molar-refractivity contribution >= 4 is 29.4 Å². The summed E-state index contributed by atoms with van der Waals surface area (Å²) in [6.45, 7) is 7.25. The van der Waals surface area contributed by atoms with Crippen LogP contribution < -0.4 is 5.32 Å². The molecule has 0 aliphatic heterocycles. The first-order chi connectivity index (χ1) is 11.8. The molecule has 2 heterocycles. The second kappa shape index (κ2) is 8.28. The van der Waals surface area contributed by atoms with Gasteiger partial charge in [0.25, 0.3) is 11.7 Å². The van der Waals surface area contributed by atoms with Gasteiger partial charge in [-0.3, -0.25) is 9.59 Å². The lowest BCUT2D eigenvalue weighted by molar-refractivity contribution is -0.148. The van der Waals surface area contributed by atoms with E-state index in [1.54, 1.807) is 4.52 Å². The predicted octanol–water partition coefficient (Wildman–Crippen LogP) is 1.46. The van der Waals surface area contributed by atoms with Crippen molar-refractivity contribution in [2.75, 3.05) is 12.9 Å². The minimum atomic E-state index is -0.416. The van der Waals surface area contributed by atoms with Gasteiger partial charge in [0.15, 0.2) is 6.61 Å². The summed E-state index contributed by atoms with van der Waals surface area (Å²) in [4.78, 5) is 32.2. The van der Waals surface area contributed by atoms with E-state index in [0.717, 1.165) is 17.0 Å². The maximum Gasteiger partial charge on any atom is 0.306 e. The Morgan fingerprint density at radius 3 is 2.64 bits per heavy atom. The minimum Gasteiger partial charge on any atom is -0.456 e. The van der Waals surface area contributed by atoms with Crippen LogP contribution in [0.15, 0.2) is 5.16 Å². The fourth-order valence-electron chi connectivity index (χ4n) is 2.45. The van der Waals surface area contributed by atoms with Crippen LogP contribution in [-0.4, -0.2) is 50.4 Å². The highest BCUT2D eigenvalue weighted by molar-refractivity contribution is 7.98. The molecule has 0 radical (unpaired) electrons. The van der Waals surface area contributed by atoms with Crippen LogP contribution in [0.25, 0.3) is 5.78 Å². The number of nitrogens with one attached hydrogen (secondary N) is 1. The Kier molecular flexibility index (Phi) is 6.35. The van der Waals surface area contributed by atoms with Crippen LogP contribution in [0, 0.1) is 13.8 Å². The van der Waals surface area contributed by atoms with Crippen LogP contribution in [0.3, 0.4) is 0 Å². The number of esters is 1. The molecule has 136 valence electrons. The van der Waals surface area contributed by atoms with Gasteiger partial charge in [0.1, 0.15) is 0 Å². The Morgan fingerprint density at radius 1 is 1.28 bits per heavy atom. The molecule has 0 spiro atoms. The first-order valence-corrected chi connectivity index (χ1v) is 9.26. The van der Waals surface area contributed by atoms with Crippen LogP contribution >= 0.6 is 11.8 Å². The standard InChI is InChI=1S/C16H23N5O3S/c1-9(2)17-13(22)8-24-14(23)7-6-12-10(3)18-15-19-16(25-5)20-21(15)11(12)4/h9H,6-8H2,1-5H3,(H,17,22). The Labute approximate surface area is 150 Å². The number of amides is 1. The highest BCUT2D eigenvalue weighted by Gasteiger charge is 2.15. The predicted molar refractivity (Wildman–Crippen MR) is 94.6 cm³/mol. The van der Waals surface area contributed by atoms with Crippen molar-refractivity contribution in [3.63, 3.8) is 0 Å². The molecule has 0 bridgehead atoms. The Balaban J connectivity index is 2.00. The molecule has 8 nitrogen and oxygen atoms in total. The number of fused-ring (bicyclic) bond motifs is 1. The summed E-state index contributed by atoms with van der Waals surface area (Å²) in [5.41, 5.74) is 2.66. The zero-order chi connectivity index (χ0) is 18.6. The van der Waals surface area contributed by atoms with Crippen molar-refractivity contribution in [2.45, 2.75) is 51.7 Å². The molecule has 1 amide bonds. The molecule has 2 aromatic rings. The van der Waals surface area contributed by atoms with E-state index >= 15 is 0 Å². The van der Waals surface area contributed by atoms with Crippen LogP contribution in [0.4, 0.5) is 0 Å². The first kappa shape index (κ1) is 19.2. The van der Waals surface area contributed by atoms with E-state index in [4.69, 9.17) is 4.74 Å². The number of aromatic nitrogens is 4. The van der Waals surface area contributed by atoms with Gasteiger partial charge in [-0.05, 0) is 45.9 Å². The average Bonchev–Trinajstić information content (AvgIpc) is 2.95. The molecule has 0 saturated carbocycles. The summed E-state index contributed by atoms with van der Waals surface area (Å²) in [5, 5.41) is 7.71. The van der Waals surface area contributed by atoms with E-state index in [9.17, 15) is 9.59 Å². The maximum atomic E-state index is 11.9. The molecule has 1 N–H and O–H groups in total. The van der Waals surface area contributed by atoms with E-state index in [0.29, 0.717) is 17.4 Å². The fourth-order valence-corrected chi connectivity index (χ4v) is 2.78. The minimum absolute atomic E-state index is 0.0168. The fraction of sp³-hybridized carbons (Fsp3) is 0.562. The quantitative estimate of drug-likeness (QED) is 0.586. The van der Waals surface area contributed by atoms with Gasteiger partial charge in [0.2, 0.25) is 5.16 Å². The van der Waals surface area contributed by atoms with Gasteiger partial charge >= 0.3 is 5.97 Å². The van der Waals surface area contributed by atoms with Crippen LogP contribution in [0.1, 0.15) is 37.2 Å². The van der Waals surface area contributed by atoms with Crippen LogP contribution in [0.2, 0.25) is 0 Å². The third kappa shape index (κ3) is 4.91. The van der Waals surface area contributed by atoms with Gasteiger partial charge < -0.3 is 10.1 Å². The number of ether oxygens (including phenoxy) is 1. The monoisotopic (exact) mass is 365 g/mol. The molecule has 0 fully saturated rings. The van der Waals surface area contributed by atoms with E-state index in [1.165, 1.54) is 11.8 Å². The Hall–Kier alpha value is -2.16. The normalized spacial score (nSPS) is 11.1. The number of thioether (sulfide) groups is 1. The van der Waals surface area contributed by atoms with Gasteiger partial charge in [-0.1, -0.05) is 11.8 Å². The summed E-state index contributed by atoms with van der Waals surface area (Å²) in [7, 11) is 0. The molecule has 2 aromatic heterocycles. The smallest absolute Gasteiger partial charge is 0.306 e. The third-order valence-electron chi connectivity index (χ3n) is 3.61. The summed E-state index contributed by atoms with van der Waals surface area (Å²) >= 11 is 1.45. The van der Waals surface area contributed by atoms with Gasteiger partial charge in [-0.2, -0.15) is 4.98 Å². The lowest BCUT2D eigenvalue weighted by atomic mass is 10.1. The largest absolute Gasteiger partial charge is 0.456 e. The van der Waals surface area contributed by atoms with Crippen molar-refractivity contribution in [1.29, 1.82) is 0 Å². The number of nitrogens with zero attached hydrogens (tertiary/aromatic N) is 4. The van der Waals surface area contributed by atoms with Crippen LogP contribution in [0.5, 0.6) is 0 Å². The Bertz CT molecular complexity index is 788. The molecule has 0 saturated heterocycles. The summed E-state index contributed by atoms with van der Waals surface area (Å²) in [5.74, 6) is -0.164. The van der Waals surface area contributed by atoms with Crippen molar-refractivity contribution in [1.82, 2.24) is 24.9 Å². The zero-order valence-corrected chi connectivity index (χ0v) is 15.9. The van der Waals surface area contributed by atoms with Gasteiger partial charge in [-0.15, -0.1) is 5.10 Å². The van der Waals surface area contributed by atoms with Crippen molar-refractivity contribution in [3.8, 4) is 0 Å². The molecule has 0 aliphatic rings. The number of rotatable bonds is 7. The maximum absolute atomic E-state index is 11.9. The number of carbonyl (C=O) groups is 2. The van der Waals surface area contributed by atoms with Gasteiger partial charge in [0.05, 0.1) is 0 Å². The van der Waals surface area contributed by atoms with Crippen molar-refractivity contribution in [2.24, 2.45) is 0 Å². The molecular weight excluding hydrogens is 342 g/mol. The van der Waals surface area contributed by atoms with E-state index < -0.39 is 5.97 Å². The number of hydrogen-bond donors (Lipinski definition) is 1. The second-order valence-electron chi connectivity index (χ2n) is 5.95. The van der Waals surface area contributed by atoms with E-state index in [2.05, 4.69) is 20.4 Å². The summed E-state index contributed by atoms with van der Waals surface area (Å²) in [6.07, 6.45) is 2.55. The van der Waals surface area contributed by atoms with Crippen LogP contribution in [-0.2, 0) is 20.7 Å². The van der Waals surface area contributed by atoms with E-state index in [1.807, 2.05) is 34.0 Å². The second-order valence-corrected chi connectivity index (χ2v) is 6.73. The lowest BCUT2D eigenvalue weighted by Gasteiger charge is -2.11. The molecule has 0 atom stereocenters. The Morgan fingerprint density at radius 2 is 2.00 bits per heavy atom. The topological polar surface area (TPSA) is 98.5 Å². The SMILES string of the molecule is CSc1nc2nc(C)c(CCC(=O)OCC(=O)NC(C)C)c(C)n2n1. The highest BCUT2D eigenvalue weighted by atomic mass is 32.2. The summed E-state index contributed by atoms with van der Waals surface area (Å²) < 4.78 is 6.70. The number of carbonyl (C=O) groups excluding carboxylic acids is 2. The number of aryl methyl sites for hydroxylation is 2. The molecule has 0 aromatic carbocycles.